The highest BCUT2D eigenvalue weighted by Gasteiger charge is 2.20. The van der Waals surface area contributed by atoms with Crippen molar-refractivity contribution in [3.63, 3.8) is 0 Å². The van der Waals surface area contributed by atoms with Gasteiger partial charge in [-0.3, -0.25) is 9.48 Å². The zero-order valence-electron chi connectivity index (χ0n) is 10.6. The van der Waals surface area contributed by atoms with Crippen LogP contribution >= 0.6 is 15.9 Å². The second-order valence-corrected chi connectivity index (χ2v) is 5.84. The first-order valence-corrected chi connectivity index (χ1v) is 7.35. The number of hydrogen-bond donors (Lipinski definition) is 0. The second-order valence-electron chi connectivity index (χ2n) is 4.92. The summed E-state index contributed by atoms with van der Waals surface area (Å²) in [5.41, 5.74) is 3.12. The Balaban J connectivity index is 1.92. The lowest BCUT2D eigenvalue weighted by Gasteiger charge is -2.08. The van der Waals surface area contributed by atoms with Crippen molar-refractivity contribution in [2.75, 3.05) is 0 Å². The monoisotopic (exact) mass is 318 g/mol. The van der Waals surface area contributed by atoms with Gasteiger partial charge in [-0.05, 0) is 37.0 Å². The minimum Gasteiger partial charge on any atom is -0.294 e. The summed E-state index contributed by atoms with van der Waals surface area (Å²) in [4.78, 5) is 12.0. The van der Waals surface area contributed by atoms with Gasteiger partial charge in [-0.15, -0.1) is 0 Å². The number of ketones is 1. The van der Waals surface area contributed by atoms with Gasteiger partial charge in [0, 0.05) is 16.6 Å². The van der Waals surface area contributed by atoms with Gasteiger partial charge in [0.2, 0.25) is 0 Å². The third kappa shape index (κ3) is 2.63. The maximum atomic E-state index is 12.0. The molecule has 0 unspecified atom stereocenters. The van der Waals surface area contributed by atoms with Gasteiger partial charge in [0.15, 0.2) is 5.78 Å². The van der Waals surface area contributed by atoms with Gasteiger partial charge < -0.3 is 0 Å². The third-order valence-corrected chi connectivity index (χ3v) is 4.03. The van der Waals surface area contributed by atoms with E-state index in [9.17, 15) is 4.79 Å². The normalized spacial score (nSPS) is 15.1. The summed E-state index contributed by atoms with van der Waals surface area (Å²) >= 11 is 3.48. The Labute approximate surface area is 120 Å². The van der Waals surface area contributed by atoms with E-state index in [2.05, 4.69) is 33.2 Å². The molecule has 1 heterocycles. The van der Waals surface area contributed by atoms with E-state index < -0.39 is 0 Å². The van der Waals surface area contributed by atoms with Crippen molar-refractivity contribution in [2.45, 2.75) is 32.2 Å². The Kier molecular flexibility index (Phi) is 3.51. The largest absolute Gasteiger partial charge is 0.294 e. The van der Waals surface area contributed by atoms with E-state index in [0.717, 1.165) is 41.5 Å². The van der Waals surface area contributed by atoms with Gasteiger partial charge in [0.05, 0.1) is 18.3 Å². The van der Waals surface area contributed by atoms with E-state index >= 15 is 0 Å². The number of nitrogens with zero attached hydrogens (tertiary/aromatic N) is 2. The van der Waals surface area contributed by atoms with E-state index in [0.29, 0.717) is 6.42 Å². The quantitative estimate of drug-likeness (QED) is 0.793. The zero-order valence-corrected chi connectivity index (χ0v) is 12.2. The predicted octanol–water partition coefficient (Wildman–Crippen LogP) is 3.60. The molecule has 0 atom stereocenters. The molecule has 2 aromatic rings. The van der Waals surface area contributed by atoms with Crippen molar-refractivity contribution >= 4 is 21.7 Å². The molecule has 3 nitrogen and oxygen atoms in total. The molecule has 1 aromatic heterocycles. The first-order chi connectivity index (χ1) is 9.24. The smallest absolute Gasteiger partial charge is 0.166 e. The predicted molar refractivity (Wildman–Crippen MR) is 77.4 cm³/mol. The summed E-state index contributed by atoms with van der Waals surface area (Å²) in [7, 11) is 0. The molecule has 3 rings (SSSR count). The molecule has 0 radical (unpaired) electrons. The van der Waals surface area contributed by atoms with Crippen molar-refractivity contribution in [3.05, 3.63) is 51.8 Å². The van der Waals surface area contributed by atoms with Crippen LogP contribution in [0.3, 0.4) is 0 Å². The molecular formula is C15H15BrN2O. The average Bonchev–Trinajstić information content (AvgIpc) is 2.68. The standard InChI is InChI=1S/C15H15BrN2O/c16-12-5-3-4-11(8-12)10-18-14-6-1-2-7-15(19)13(14)9-17-18/h3-5,8-9H,1-2,6-7,10H2. The van der Waals surface area contributed by atoms with Gasteiger partial charge >= 0.3 is 0 Å². The number of aromatic nitrogens is 2. The Morgan fingerprint density at radius 1 is 1.26 bits per heavy atom. The molecule has 0 aliphatic heterocycles. The summed E-state index contributed by atoms with van der Waals surface area (Å²) in [5.74, 6) is 0.244. The van der Waals surface area contributed by atoms with Crippen molar-refractivity contribution < 1.29 is 4.79 Å². The van der Waals surface area contributed by atoms with Crippen LogP contribution in [-0.4, -0.2) is 15.6 Å². The lowest BCUT2D eigenvalue weighted by molar-refractivity contribution is 0.0982. The molecule has 4 heteroatoms. The molecule has 0 saturated carbocycles. The van der Waals surface area contributed by atoms with Crippen LogP contribution in [0.1, 0.15) is 40.9 Å². The van der Waals surface area contributed by atoms with Crippen molar-refractivity contribution in [2.24, 2.45) is 0 Å². The minimum absolute atomic E-state index is 0.244. The van der Waals surface area contributed by atoms with Crippen LogP contribution in [-0.2, 0) is 13.0 Å². The van der Waals surface area contributed by atoms with E-state index in [-0.39, 0.29) is 5.78 Å². The fourth-order valence-corrected chi connectivity index (χ4v) is 3.01. The first kappa shape index (κ1) is 12.6. The molecule has 19 heavy (non-hydrogen) atoms. The molecule has 0 N–H and O–H groups in total. The molecular weight excluding hydrogens is 304 g/mol. The first-order valence-electron chi connectivity index (χ1n) is 6.56. The zero-order chi connectivity index (χ0) is 13.2. The number of hydrogen-bond acceptors (Lipinski definition) is 2. The molecule has 1 aliphatic rings. The fraction of sp³-hybridized carbons (Fsp3) is 0.333. The Morgan fingerprint density at radius 2 is 2.11 bits per heavy atom. The number of rotatable bonds is 2. The second kappa shape index (κ2) is 5.29. The molecule has 0 bridgehead atoms. The highest BCUT2D eigenvalue weighted by atomic mass is 79.9. The van der Waals surface area contributed by atoms with Crippen molar-refractivity contribution in [3.8, 4) is 0 Å². The van der Waals surface area contributed by atoms with Gasteiger partial charge in [-0.25, -0.2) is 0 Å². The maximum absolute atomic E-state index is 12.0. The molecule has 1 aliphatic carbocycles. The molecule has 0 amide bonds. The summed E-state index contributed by atoms with van der Waals surface area (Å²) in [6.45, 7) is 0.724. The molecule has 98 valence electrons. The Morgan fingerprint density at radius 3 is 2.95 bits per heavy atom. The number of carbonyl (C=O) groups excluding carboxylic acids is 1. The fourth-order valence-electron chi connectivity index (χ4n) is 2.56. The number of benzene rings is 1. The summed E-state index contributed by atoms with van der Waals surface area (Å²) in [6, 6.07) is 8.20. The topological polar surface area (TPSA) is 34.9 Å². The van der Waals surface area contributed by atoms with Gasteiger partial charge in [0.1, 0.15) is 0 Å². The van der Waals surface area contributed by atoms with Crippen LogP contribution in [0, 0.1) is 0 Å². The Hall–Kier alpha value is -1.42. The van der Waals surface area contributed by atoms with Crippen LogP contribution in [0.15, 0.2) is 34.9 Å². The molecule has 0 saturated heterocycles. The summed E-state index contributed by atoms with van der Waals surface area (Å²) < 4.78 is 3.04. The van der Waals surface area contributed by atoms with E-state index in [1.54, 1.807) is 6.20 Å². The van der Waals surface area contributed by atoms with Crippen LogP contribution < -0.4 is 0 Å². The van der Waals surface area contributed by atoms with Crippen LogP contribution in [0.5, 0.6) is 0 Å². The van der Waals surface area contributed by atoms with E-state index in [4.69, 9.17) is 0 Å². The minimum atomic E-state index is 0.244. The number of fused-ring (bicyclic) bond motifs is 1. The Bertz CT molecular complexity index is 618. The molecule has 0 spiro atoms. The molecule has 0 fully saturated rings. The van der Waals surface area contributed by atoms with Crippen molar-refractivity contribution in [1.82, 2.24) is 9.78 Å². The lowest BCUT2D eigenvalue weighted by atomic mass is 10.1. The number of halogens is 1. The lowest BCUT2D eigenvalue weighted by Crippen LogP contribution is -2.07. The van der Waals surface area contributed by atoms with Gasteiger partial charge in [-0.2, -0.15) is 5.10 Å². The van der Waals surface area contributed by atoms with Gasteiger partial charge in [-0.1, -0.05) is 28.1 Å². The molecule has 1 aromatic carbocycles. The van der Waals surface area contributed by atoms with Gasteiger partial charge in [0.25, 0.3) is 0 Å². The average molecular weight is 319 g/mol. The summed E-state index contributed by atoms with van der Waals surface area (Å²) in [6.07, 6.45) is 5.42. The maximum Gasteiger partial charge on any atom is 0.166 e. The van der Waals surface area contributed by atoms with Crippen LogP contribution in [0.25, 0.3) is 0 Å². The van der Waals surface area contributed by atoms with Crippen molar-refractivity contribution in [1.29, 1.82) is 0 Å². The van der Waals surface area contributed by atoms with E-state index in [1.807, 2.05) is 16.8 Å². The van der Waals surface area contributed by atoms with E-state index in [1.165, 1.54) is 5.56 Å². The number of carbonyl (C=O) groups is 1. The van der Waals surface area contributed by atoms with Crippen LogP contribution in [0.2, 0.25) is 0 Å². The number of Topliss-reactive ketones (excluding diaryl/α,β-unsaturated/α-hetero) is 1. The SMILES string of the molecule is O=C1CCCCc2c1cnn2Cc1cccc(Br)c1. The van der Waals surface area contributed by atoms with Crippen LogP contribution in [0.4, 0.5) is 0 Å². The highest BCUT2D eigenvalue weighted by Crippen LogP contribution is 2.21. The third-order valence-electron chi connectivity index (χ3n) is 3.54. The highest BCUT2D eigenvalue weighted by molar-refractivity contribution is 9.10. The summed E-state index contributed by atoms with van der Waals surface area (Å²) in [5, 5.41) is 4.40.